The Kier molecular flexibility index (Phi) is 4.79. The topological polar surface area (TPSA) is 107 Å². The zero-order chi connectivity index (χ0) is 20.8. The van der Waals surface area contributed by atoms with Crippen LogP contribution in [0.25, 0.3) is 11.0 Å². The van der Waals surface area contributed by atoms with Gasteiger partial charge in [0.2, 0.25) is 16.0 Å². The molecule has 0 aliphatic rings. The Labute approximate surface area is 158 Å². The van der Waals surface area contributed by atoms with Gasteiger partial charge in [-0.05, 0) is 44.2 Å². The van der Waals surface area contributed by atoms with Crippen molar-refractivity contribution in [1.82, 2.24) is 8.96 Å². The Morgan fingerprint density at radius 3 is 2.46 bits per heavy atom. The predicted molar refractivity (Wildman–Crippen MR) is 97.9 cm³/mol. The van der Waals surface area contributed by atoms with E-state index < -0.39 is 44.2 Å². The Balaban J connectivity index is 2.04. The van der Waals surface area contributed by atoms with Gasteiger partial charge in [0.05, 0.1) is 21.8 Å². The van der Waals surface area contributed by atoms with Crippen LogP contribution in [0.3, 0.4) is 0 Å². The molecule has 0 atom stereocenters. The predicted octanol–water partition coefficient (Wildman–Crippen LogP) is 2.87. The van der Waals surface area contributed by atoms with Crippen molar-refractivity contribution in [1.29, 1.82) is 0 Å². The lowest BCUT2D eigenvalue weighted by atomic mass is 10.1. The molecule has 0 bridgehead atoms. The van der Waals surface area contributed by atoms with Gasteiger partial charge in [-0.15, -0.1) is 0 Å². The fraction of sp³-hybridized carbons (Fsp3) is 0.176. The summed E-state index contributed by atoms with van der Waals surface area (Å²) in [5.74, 6) is -6.11. The molecule has 11 heteroatoms. The highest BCUT2D eigenvalue weighted by atomic mass is 32.2. The SMILES string of the molecule is CC(C)S(=O)(=O)n1c(N)nc2ccc(NC(=O)c3ccc(F)c(F)c3F)cc21. The minimum absolute atomic E-state index is 0.0849. The highest BCUT2D eigenvalue weighted by Crippen LogP contribution is 2.26. The second kappa shape index (κ2) is 6.82. The molecule has 0 spiro atoms. The third-order valence-corrected chi connectivity index (χ3v) is 6.11. The summed E-state index contributed by atoms with van der Waals surface area (Å²) in [5.41, 5.74) is 5.48. The van der Waals surface area contributed by atoms with E-state index in [0.717, 1.165) is 10.0 Å². The average molecular weight is 412 g/mol. The molecule has 0 saturated carbocycles. The van der Waals surface area contributed by atoms with Crippen molar-refractivity contribution < 1.29 is 26.4 Å². The molecule has 1 amide bonds. The highest BCUT2D eigenvalue weighted by Gasteiger charge is 2.25. The van der Waals surface area contributed by atoms with Gasteiger partial charge >= 0.3 is 0 Å². The van der Waals surface area contributed by atoms with Crippen LogP contribution in [0.1, 0.15) is 24.2 Å². The van der Waals surface area contributed by atoms with Crippen LogP contribution >= 0.6 is 0 Å². The molecule has 3 rings (SSSR count). The normalized spacial score (nSPS) is 11.9. The summed E-state index contributed by atoms with van der Waals surface area (Å²) in [4.78, 5) is 16.2. The van der Waals surface area contributed by atoms with E-state index >= 15 is 0 Å². The van der Waals surface area contributed by atoms with Gasteiger partial charge in [-0.2, -0.15) is 0 Å². The van der Waals surface area contributed by atoms with Crippen molar-refractivity contribution in [3.63, 3.8) is 0 Å². The number of hydrogen-bond acceptors (Lipinski definition) is 5. The number of fused-ring (bicyclic) bond motifs is 1. The van der Waals surface area contributed by atoms with Gasteiger partial charge in [-0.3, -0.25) is 4.79 Å². The van der Waals surface area contributed by atoms with Crippen LogP contribution in [0.15, 0.2) is 30.3 Å². The summed E-state index contributed by atoms with van der Waals surface area (Å²) in [6.45, 7) is 2.94. The number of nitrogens with one attached hydrogen (secondary N) is 1. The van der Waals surface area contributed by atoms with Crippen LogP contribution in [0.5, 0.6) is 0 Å². The lowest BCUT2D eigenvalue weighted by Crippen LogP contribution is -2.23. The molecule has 0 aliphatic carbocycles. The van der Waals surface area contributed by atoms with Crippen LogP contribution < -0.4 is 11.1 Å². The van der Waals surface area contributed by atoms with Crippen molar-refractivity contribution in [3.8, 4) is 0 Å². The Hall–Kier alpha value is -3.08. The molecule has 1 aromatic heterocycles. The first-order chi connectivity index (χ1) is 13.0. The van der Waals surface area contributed by atoms with E-state index in [1.807, 2.05) is 0 Å². The maximum atomic E-state index is 13.8. The zero-order valence-electron chi connectivity index (χ0n) is 14.7. The molecule has 28 heavy (non-hydrogen) atoms. The van der Waals surface area contributed by atoms with Crippen molar-refractivity contribution >= 4 is 38.6 Å². The van der Waals surface area contributed by atoms with Gasteiger partial charge in [0.1, 0.15) is 0 Å². The average Bonchev–Trinajstić information content (AvgIpc) is 2.95. The summed E-state index contributed by atoms with van der Waals surface area (Å²) in [6.07, 6.45) is 0. The summed E-state index contributed by atoms with van der Waals surface area (Å²) in [5, 5.41) is 1.52. The Morgan fingerprint density at radius 1 is 1.14 bits per heavy atom. The molecule has 148 valence electrons. The van der Waals surface area contributed by atoms with Crippen molar-refractivity contribution in [2.45, 2.75) is 19.1 Å². The minimum Gasteiger partial charge on any atom is -0.368 e. The fourth-order valence-electron chi connectivity index (χ4n) is 2.53. The Bertz CT molecular complexity index is 1210. The highest BCUT2D eigenvalue weighted by molar-refractivity contribution is 7.90. The van der Waals surface area contributed by atoms with Crippen LogP contribution in [-0.4, -0.2) is 28.5 Å². The standard InChI is InChI=1S/C17H15F3N4O3S/c1-8(2)28(26,27)24-13-7-9(3-6-12(13)23-17(24)21)22-16(25)10-4-5-11(18)15(20)14(10)19/h3-8H,1-2H3,(H2,21,23)(H,22,25). The van der Waals surface area contributed by atoms with Gasteiger partial charge in [-0.25, -0.2) is 30.5 Å². The number of carbonyl (C=O) groups is 1. The first-order valence-corrected chi connectivity index (χ1v) is 9.51. The van der Waals surface area contributed by atoms with Crippen LogP contribution in [-0.2, 0) is 10.0 Å². The quantitative estimate of drug-likeness (QED) is 0.641. The molecule has 0 radical (unpaired) electrons. The number of anilines is 2. The largest absolute Gasteiger partial charge is 0.368 e. The Morgan fingerprint density at radius 2 is 1.82 bits per heavy atom. The van der Waals surface area contributed by atoms with Gasteiger partial charge in [0.15, 0.2) is 17.5 Å². The molecule has 0 aliphatic heterocycles. The zero-order valence-corrected chi connectivity index (χ0v) is 15.5. The summed E-state index contributed by atoms with van der Waals surface area (Å²) in [6, 6.07) is 5.51. The van der Waals surface area contributed by atoms with Crippen molar-refractivity contribution in [3.05, 3.63) is 53.3 Å². The van der Waals surface area contributed by atoms with Gasteiger partial charge < -0.3 is 11.1 Å². The monoisotopic (exact) mass is 412 g/mol. The minimum atomic E-state index is -3.84. The van der Waals surface area contributed by atoms with Gasteiger partial charge in [-0.1, -0.05) is 0 Å². The number of nitrogen functional groups attached to an aromatic ring is 1. The third-order valence-electron chi connectivity index (χ3n) is 4.03. The number of rotatable bonds is 4. The molecule has 0 saturated heterocycles. The number of hydrogen-bond donors (Lipinski definition) is 2. The molecule has 1 heterocycles. The van der Waals surface area contributed by atoms with Gasteiger partial charge in [0, 0.05) is 5.69 Å². The molecule has 0 fully saturated rings. The van der Waals surface area contributed by atoms with E-state index in [4.69, 9.17) is 5.73 Å². The van der Waals surface area contributed by atoms with E-state index in [9.17, 15) is 26.4 Å². The number of nitrogens with zero attached hydrogens (tertiary/aromatic N) is 2. The van der Waals surface area contributed by atoms with Crippen LogP contribution in [0.4, 0.5) is 24.8 Å². The molecule has 3 N–H and O–H groups in total. The molecular formula is C17H15F3N4O3S. The number of carbonyl (C=O) groups excluding carboxylic acids is 1. The molecule has 3 aromatic rings. The van der Waals surface area contributed by atoms with Crippen LogP contribution in [0, 0.1) is 17.5 Å². The summed E-state index contributed by atoms with van der Waals surface area (Å²) >= 11 is 0. The fourth-order valence-corrected chi connectivity index (χ4v) is 3.67. The maximum Gasteiger partial charge on any atom is 0.258 e. The smallest absolute Gasteiger partial charge is 0.258 e. The summed E-state index contributed by atoms with van der Waals surface area (Å²) < 4.78 is 66.1. The first-order valence-electron chi connectivity index (χ1n) is 8.01. The number of aromatic nitrogens is 2. The van der Waals surface area contributed by atoms with Gasteiger partial charge in [0.25, 0.3) is 5.91 Å². The molecule has 2 aromatic carbocycles. The number of benzene rings is 2. The second-order valence-electron chi connectivity index (χ2n) is 6.21. The van der Waals surface area contributed by atoms with E-state index in [1.54, 1.807) is 0 Å². The summed E-state index contributed by atoms with van der Waals surface area (Å²) in [7, 11) is -3.84. The number of nitrogens with two attached hydrogens (primary N) is 1. The number of amides is 1. The third kappa shape index (κ3) is 3.17. The molecule has 7 nitrogen and oxygen atoms in total. The van der Waals surface area contributed by atoms with E-state index in [1.165, 1.54) is 32.0 Å². The van der Waals surface area contributed by atoms with Crippen LogP contribution in [0.2, 0.25) is 0 Å². The van der Waals surface area contributed by atoms with E-state index in [0.29, 0.717) is 6.07 Å². The number of halogens is 3. The number of imidazole rings is 1. The first kappa shape index (κ1) is 19.7. The van der Waals surface area contributed by atoms with Crippen molar-refractivity contribution in [2.24, 2.45) is 0 Å². The lowest BCUT2D eigenvalue weighted by Gasteiger charge is -2.12. The van der Waals surface area contributed by atoms with Crippen molar-refractivity contribution in [2.75, 3.05) is 11.1 Å². The maximum absolute atomic E-state index is 13.8. The lowest BCUT2D eigenvalue weighted by molar-refractivity contribution is 0.102. The molecular weight excluding hydrogens is 397 g/mol. The molecule has 0 unspecified atom stereocenters. The van der Waals surface area contributed by atoms with E-state index in [2.05, 4.69) is 10.3 Å². The second-order valence-corrected chi connectivity index (χ2v) is 8.55. The van der Waals surface area contributed by atoms with E-state index in [-0.39, 0.29) is 22.7 Å².